The van der Waals surface area contributed by atoms with Crippen LogP contribution >= 0.6 is 0 Å². The molecule has 2 bridgehead atoms. The van der Waals surface area contributed by atoms with Crippen molar-refractivity contribution in [3.05, 3.63) is 0 Å². The van der Waals surface area contributed by atoms with Gasteiger partial charge in [-0.25, -0.2) is 18.2 Å². The lowest BCUT2D eigenvalue weighted by Crippen LogP contribution is -2.57. The lowest BCUT2D eigenvalue weighted by Gasteiger charge is -2.61. The molecule has 3 saturated carbocycles. The van der Waals surface area contributed by atoms with Crippen molar-refractivity contribution in [1.82, 2.24) is 5.01 Å². The Balaban J connectivity index is 1.44. The van der Waals surface area contributed by atoms with Gasteiger partial charge < -0.3 is 4.74 Å². The number of hydrogen-bond acceptors (Lipinski definition) is 6. The first-order chi connectivity index (χ1) is 12.6. The number of carbonyl (C=O) groups is 2. The van der Waals surface area contributed by atoms with Gasteiger partial charge in [0, 0.05) is 12.8 Å². The molecule has 0 unspecified atom stereocenters. The minimum absolute atomic E-state index is 0.0644. The minimum atomic E-state index is -3.13. The number of hydrazone groups is 1. The largest absolute Gasteiger partial charge is 0.458 e. The molecule has 0 radical (unpaired) electrons. The monoisotopic (exact) mass is 396 g/mol. The third kappa shape index (κ3) is 3.19. The molecule has 4 fully saturated rings. The van der Waals surface area contributed by atoms with Gasteiger partial charge >= 0.3 is 5.97 Å². The number of sulfone groups is 1. The molecule has 0 aromatic rings. The van der Waals surface area contributed by atoms with Crippen LogP contribution in [0.1, 0.15) is 52.9 Å². The maximum Gasteiger partial charge on any atom is 0.354 e. The summed E-state index contributed by atoms with van der Waals surface area (Å²) in [5.74, 6) is 0.788. The van der Waals surface area contributed by atoms with Gasteiger partial charge in [0.25, 0.3) is 0 Å². The van der Waals surface area contributed by atoms with Gasteiger partial charge in [0.15, 0.2) is 9.84 Å². The summed E-state index contributed by atoms with van der Waals surface area (Å²) in [6.07, 6.45) is 2.79. The van der Waals surface area contributed by atoms with Crippen LogP contribution in [0.15, 0.2) is 5.10 Å². The Hall–Kier alpha value is -1.44. The van der Waals surface area contributed by atoms with Gasteiger partial charge in [0.05, 0.1) is 17.5 Å². The highest BCUT2D eigenvalue weighted by molar-refractivity contribution is 7.91. The number of carbonyl (C=O) groups excluding carboxylic acids is 2. The topological polar surface area (TPSA) is 93.1 Å². The molecule has 2 heterocycles. The smallest absolute Gasteiger partial charge is 0.354 e. The maximum absolute atomic E-state index is 12.7. The molecule has 8 heteroatoms. The van der Waals surface area contributed by atoms with Gasteiger partial charge in [0.1, 0.15) is 11.8 Å². The van der Waals surface area contributed by atoms with Crippen molar-refractivity contribution < 1.29 is 22.7 Å². The van der Waals surface area contributed by atoms with Gasteiger partial charge in [-0.15, -0.1) is 0 Å². The van der Waals surface area contributed by atoms with Crippen LogP contribution < -0.4 is 0 Å². The molecule has 5 rings (SSSR count). The second-order valence-corrected chi connectivity index (χ2v) is 11.5. The normalized spacial score (nSPS) is 39.5. The van der Waals surface area contributed by atoms with Crippen molar-refractivity contribution in [3.63, 3.8) is 0 Å². The average molecular weight is 397 g/mol. The first-order valence-corrected chi connectivity index (χ1v) is 11.7. The maximum atomic E-state index is 12.7. The Morgan fingerprint density at radius 3 is 2.59 bits per heavy atom. The zero-order valence-corrected chi connectivity index (χ0v) is 17.0. The van der Waals surface area contributed by atoms with Crippen molar-refractivity contribution in [3.8, 4) is 0 Å². The van der Waals surface area contributed by atoms with Crippen LogP contribution in [0.2, 0.25) is 0 Å². The number of rotatable bonds is 3. The van der Waals surface area contributed by atoms with E-state index in [-0.39, 0.29) is 42.1 Å². The predicted octanol–water partition coefficient (Wildman–Crippen LogP) is 1.77. The summed E-state index contributed by atoms with van der Waals surface area (Å²) in [5.41, 5.74) is 0.562. The highest BCUT2D eigenvalue weighted by Crippen LogP contribution is 2.61. The second kappa shape index (κ2) is 6.29. The fraction of sp³-hybridized carbons (Fsp3) is 0.842. The molecule has 0 aromatic carbocycles. The second-order valence-electron chi connectivity index (χ2n) is 9.24. The standard InChI is InChI=1S/C19H28N2O5S/c1-11-14-8-12(19(14,2)3)9-16(11)26-18(23)15-4-5-17(22)21(20-15)13-6-7-27(24,25)10-13/h11-14,16H,4-10H2,1-3H3/t11-,12-,13+,14+,16-/m0/s1. The zero-order chi connectivity index (χ0) is 19.6. The molecule has 1 amide bonds. The van der Waals surface area contributed by atoms with E-state index in [1.807, 2.05) is 0 Å². The van der Waals surface area contributed by atoms with Crippen molar-refractivity contribution in [2.75, 3.05) is 11.5 Å². The quantitative estimate of drug-likeness (QED) is 0.678. The van der Waals surface area contributed by atoms with E-state index < -0.39 is 21.8 Å². The van der Waals surface area contributed by atoms with E-state index in [0.29, 0.717) is 29.6 Å². The van der Waals surface area contributed by atoms with E-state index in [9.17, 15) is 18.0 Å². The molecular weight excluding hydrogens is 368 g/mol. The summed E-state index contributed by atoms with van der Waals surface area (Å²) in [4.78, 5) is 24.9. The molecule has 2 aliphatic heterocycles. The SMILES string of the molecule is C[C@@H]1[C@@H](OC(=O)C2=NN([C@@H]3CCS(=O)(=O)C3)C(=O)CC2)C[C@@H]2C[C@H]1C2(C)C. The van der Waals surface area contributed by atoms with Crippen molar-refractivity contribution in [2.24, 2.45) is 28.3 Å². The molecule has 150 valence electrons. The molecule has 1 saturated heterocycles. The number of fused-ring (bicyclic) bond motifs is 2. The van der Waals surface area contributed by atoms with E-state index >= 15 is 0 Å². The van der Waals surface area contributed by atoms with Crippen LogP contribution in [0, 0.1) is 23.2 Å². The van der Waals surface area contributed by atoms with Gasteiger partial charge in [-0.05, 0) is 42.4 Å². The van der Waals surface area contributed by atoms with Crippen LogP contribution in [-0.4, -0.2) is 54.7 Å². The van der Waals surface area contributed by atoms with Gasteiger partial charge in [0.2, 0.25) is 5.91 Å². The Bertz CT molecular complexity index is 803. The third-order valence-electron chi connectivity index (χ3n) is 7.39. The van der Waals surface area contributed by atoms with Crippen molar-refractivity contribution >= 4 is 27.4 Å². The number of ether oxygens (including phenoxy) is 1. The average Bonchev–Trinajstić information content (AvgIpc) is 2.96. The molecule has 5 atom stereocenters. The highest BCUT2D eigenvalue weighted by Gasteiger charge is 2.57. The summed E-state index contributed by atoms with van der Waals surface area (Å²) in [7, 11) is -3.13. The van der Waals surface area contributed by atoms with Gasteiger partial charge in [-0.2, -0.15) is 5.10 Å². The fourth-order valence-electron chi connectivity index (χ4n) is 5.44. The zero-order valence-electron chi connectivity index (χ0n) is 16.2. The van der Waals surface area contributed by atoms with Crippen LogP contribution in [0.5, 0.6) is 0 Å². The van der Waals surface area contributed by atoms with Crippen LogP contribution in [-0.2, 0) is 24.2 Å². The van der Waals surface area contributed by atoms with E-state index in [1.54, 1.807) is 0 Å². The minimum Gasteiger partial charge on any atom is -0.458 e. The molecule has 5 aliphatic rings. The van der Waals surface area contributed by atoms with Crippen molar-refractivity contribution in [2.45, 2.75) is 65.0 Å². The van der Waals surface area contributed by atoms with E-state index in [4.69, 9.17) is 4.74 Å². The first-order valence-electron chi connectivity index (χ1n) is 9.89. The van der Waals surface area contributed by atoms with Crippen LogP contribution in [0.4, 0.5) is 0 Å². The summed E-state index contributed by atoms with van der Waals surface area (Å²) in [5, 5.41) is 5.44. The van der Waals surface area contributed by atoms with Gasteiger partial charge in [-0.1, -0.05) is 20.8 Å². The molecule has 0 aromatic heterocycles. The number of amides is 1. The lowest BCUT2D eigenvalue weighted by atomic mass is 9.45. The van der Waals surface area contributed by atoms with E-state index in [1.165, 1.54) is 11.4 Å². The lowest BCUT2D eigenvalue weighted by molar-refractivity contribution is -0.180. The molecular formula is C19H28N2O5S. The Morgan fingerprint density at radius 2 is 2.00 bits per heavy atom. The summed E-state index contributed by atoms with van der Waals surface area (Å²) < 4.78 is 29.2. The fourth-order valence-corrected chi connectivity index (χ4v) is 7.13. The molecule has 0 N–H and O–H groups in total. The Morgan fingerprint density at radius 1 is 1.26 bits per heavy atom. The summed E-state index contributed by atoms with van der Waals surface area (Å²) in [6, 6.07) is -0.465. The van der Waals surface area contributed by atoms with E-state index in [2.05, 4.69) is 25.9 Å². The first kappa shape index (κ1) is 18.9. The summed E-state index contributed by atoms with van der Waals surface area (Å²) >= 11 is 0. The Labute approximate surface area is 160 Å². The highest BCUT2D eigenvalue weighted by atomic mass is 32.2. The molecule has 27 heavy (non-hydrogen) atoms. The third-order valence-corrected chi connectivity index (χ3v) is 9.14. The number of esters is 1. The summed E-state index contributed by atoms with van der Waals surface area (Å²) in [6.45, 7) is 6.75. The van der Waals surface area contributed by atoms with Crippen molar-refractivity contribution in [1.29, 1.82) is 0 Å². The number of nitrogens with zero attached hydrogens (tertiary/aromatic N) is 2. The van der Waals surface area contributed by atoms with Crippen LogP contribution in [0.3, 0.4) is 0 Å². The molecule has 7 nitrogen and oxygen atoms in total. The molecule has 3 aliphatic carbocycles. The van der Waals surface area contributed by atoms with Gasteiger partial charge in [-0.3, -0.25) is 4.79 Å². The van der Waals surface area contributed by atoms with E-state index in [0.717, 1.165) is 6.42 Å². The van der Waals surface area contributed by atoms with Crippen LogP contribution in [0.25, 0.3) is 0 Å². The number of hydrogen-bond donors (Lipinski definition) is 0. The molecule has 0 spiro atoms. The Kier molecular flexibility index (Phi) is 4.40. The predicted molar refractivity (Wildman–Crippen MR) is 99.6 cm³/mol.